The van der Waals surface area contributed by atoms with E-state index in [0.29, 0.717) is 0 Å². The maximum atomic E-state index is 6.18. The van der Waals surface area contributed by atoms with Crippen molar-refractivity contribution < 1.29 is 9.15 Å². The van der Waals surface area contributed by atoms with Crippen molar-refractivity contribution in [2.45, 2.75) is 51.7 Å². The second kappa shape index (κ2) is 5.82. The van der Waals surface area contributed by atoms with Gasteiger partial charge < -0.3 is 14.5 Å². The number of fused-ring (bicyclic) bond motifs is 1. The average Bonchev–Trinajstić information content (AvgIpc) is 2.93. The first-order valence-electron chi connectivity index (χ1n) is 8.10. The van der Waals surface area contributed by atoms with Crippen molar-refractivity contribution in [1.29, 1.82) is 0 Å². The molecular formula is C18H25NO2. The van der Waals surface area contributed by atoms with Gasteiger partial charge >= 0.3 is 0 Å². The normalized spacial score (nSPS) is 21.8. The minimum atomic E-state index is 0.0265. The summed E-state index contributed by atoms with van der Waals surface area (Å²) in [5.41, 5.74) is 2.39. The molecule has 3 heteroatoms. The van der Waals surface area contributed by atoms with Crippen molar-refractivity contribution in [3.63, 3.8) is 0 Å². The van der Waals surface area contributed by atoms with E-state index in [1.165, 1.54) is 10.9 Å². The lowest BCUT2D eigenvalue weighted by atomic mass is 9.91. The number of rotatable bonds is 4. The molecule has 21 heavy (non-hydrogen) atoms. The quantitative estimate of drug-likeness (QED) is 0.914. The van der Waals surface area contributed by atoms with Crippen molar-refractivity contribution in [1.82, 2.24) is 5.32 Å². The third-order valence-corrected chi connectivity index (χ3v) is 4.95. The molecule has 0 saturated carbocycles. The summed E-state index contributed by atoms with van der Waals surface area (Å²) in [5, 5.41) is 4.91. The minimum Gasteiger partial charge on any atom is -0.458 e. The van der Waals surface area contributed by atoms with E-state index in [4.69, 9.17) is 9.15 Å². The molecule has 3 rings (SSSR count). The standard InChI is InChI=1S/C18H25NO2/c1-4-13-14-9-7-8-10-15(14)21-17(13)16-11-19-18(5-2,6-3)12-20-16/h7-10,16,19H,4-6,11-12H2,1-3H3. The minimum absolute atomic E-state index is 0.0265. The predicted octanol–water partition coefficient (Wildman–Crippen LogP) is 4.21. The molecule has 0 amide bonds. The molecule has 1 aliphatic rings. The van der Waals surface area contributed by atoms with Gasteiger partial charge in [0.2, 0.25) is 0 Å². The van der Waals surface area contributed by atoms with Crippen molar-refractivity contribution in [2.24, 2.45) is 0 Å². The number of ether oxygens (including phenoxy) is 1. The van der Waals surface area contributed by atoms with E-state index in [-0.39, 0.29) is 11.6 Å². The highest BCUT2D eigenvalue weighted by molar-refractivity contribution is 5.82. The van der Waals surface area contributed by atoms with Gasteiger partial charge in [-0.05, 0) is 25.3 Å². The maximum absolute atomic E-state index is 6.18. The van der Waals surface area contributed by atoms with Gasteiger partial charge in [0.05, 0.1) is 6.61 Å². The van der Waals surface area contributed by atoms with E-state index in [0.717, 1.165) is 43.8 Å². The molecular weight excluding hydrogens is 262 g/mol. The van der Waals surface area contributed by atoms with Crippen LogP contribution in [0.2, 0.25) is 0 Å². The Labute approximate surface area is 126 Å². The number of morpholine rings is 1. The van der Waals surface area contributed by atoms with Gasteiger partial charge in [-0.2, -0.15) is 0 Å². The number of aryl methyl sites for hydroxylation is 1. The molecule has 1 aromatic heterocycles. The van der Waals surface area contributed by atoms with Crippen LogP contribution in [0.1, 0.15) is 51.0 Å². The zero-order valence-corrected chi connectivity index (χ0v) is 13.2. The van der Waals surface area contributed by atoms with Crippen LogP contribution >= 0.6 is 0 Å². The van der Waals surface area contributed by atoms with Crippen molar-refractivity contribution in [2.75, 3.05) is 13.2 Å². The molecule has 114 valence electrons. The van der Waals surface area contributed by atoms with Crippen LogP contribution in [0.25, 0.3) is 11.0 Å². The Kier molecular flexibility index (Phi) is 4.05. The lowest BCUT2D eigenvalue weighted by Crippen LogP contribution is -2.54. The molecule has 1 aromatic carbocycles. The van der Waals surface area contributed by atoms with Crippen LogP contribution in [0.3, 0.4) is 0 Å². The van der Waals surface area contributed by atoms with Gasteiger partial charge in [0.1, 0.15) is 17.4 Å². The zero-order valence-electron chi connectivity index (χ0n) is 13.2. The Hall–Kier alpha value is -1.32. The first-order valence-corrected chi connectivity index (χ1v) is 8.10. The first kappa shape index (κ1) is 14.6. The second-order valence-electron chi connectivity index (χ2n) is 5.96. The molecule has 2 heterocycles. The molecule has 1 aliphatic heterocycles. The van der Waals surface area contributed by atoms with Gasteiger partial charge in [-0.3, -0.25) is 0 Å². The molecule has 0 radical (unpaired) electrons. The highest BCUT2D eigenvalue weighted by Crippen LogP contribution is 2.35. The summed E-state index contributed by atoms with van der Waals surface area (Å²) in [6.45, 7) is 8.20. The fourth-order valence-corrected chi connectivity index (χ4v) is 3.29. The summed E-state index contributed by atoms with van der Waals surface area (Å²) in [6, 6.07) is 8.27. The molecule has 2 aromatic rings. The summed E-state index contributed by atoms with van der Waals surface area (Å²) in [4.78, 5) is 0. The van der Waals surface area contributed by atoms with Crippen LogP contribution in [-0.2, 0) is 11.2 Å². The summed E-state index contributed by atoms with van der Waals surface area (Å²) in [5.74, 6) is 1.01. The summed E-state index contributed by atoms with van der Waals surface area (Å²) < 4.78 is 12.3. The second-order valence-corrected chi connectivity index (χ2v) is 5.96. The Morgan fingerprint density at radius 3 is 2.57 bits per heavy atom. The number of para-hydroxylation sites is 1. The van der Waals surface area contributed by atoms with Gasteiger partial charge in [-0.15, -0.1) is 0 Å². The fourth-order valence-electron chi connectivity index (χ4n) is 3.29. The van der Waals surface area contributed by atoms with Crippen molar-refractivity contribution >= 4 is 11.0 Å². The largest absolute Gasteiger partial charge is 0.458 e. The van der Waals surface area contributed by atoms with Gasteiger partial charge in [-0.1, -0.05) is 39.0 Å². The summed E-state index contributed by atoms with van der Waals surface area (Å²) in [6.07, 6.45) is 3.19. The lowest BCUT2D eigenvalue weighted by molar-refractivity contribution is -0.0463. The van der Waals surface area contributed by atoms with Crippen LogP contribution in [0.15, 0.2) is 28.7 Å². The predicted molar refractivity (Wildman–Crippen MR) is 85.6 cm³/mol. The molecule has 0 aliphatic carbocycles. The highest BCUT2D eigenvalue weighted by atomic mass is 16.5. The third kappa shape index (κ3) is 2.49. The highest BCUT2D eigenvalue weighted by Gasteiger charge is 2.35. The number of nitrogens with one attached hydrogen (secondary N) is 1. The molecule has 1 fully saturated rings. The molecule has 0 bridgehead atoms. The van der Waals surface area contributed by atoms with E-state index in [9.17, 15) is 0 Å². The molecule has 1 saturated heterocycles. The maximum Gasteiger partial charge on any atom is 0.138 e. The van der Waals surface area contributed by atoms with Gasteiger partial charge in [0, 0.05) is 23.0 Å². The Morgan fingerprint density at radius 2 is 1.95 bits per heavy atom. The molecule has 1 unspecified atom stereocenters. The number of furan rings is 1. The van der Waals surface area contributed by atoms with E-state index in [1.54, 1.807) is 0 Å². The van der Waals surface area contributed by atoms with Crippen molar-refractivity contribution in [3.05, 3.63) is 35.6 Å². The molecule has 3 nitrogen and oxygen atoms in total. The Balaban J connectivity index is 1.88. The average molecular weight is 287 g/mol. The monoisotopic (exact) mass is 287 g/mol. The van der Waals surface area contributed by atoms with Crippen LogP contribution < -0.4 is 5.32 Å². The van der Waals surface area contributed by atoms with E-state index < -0.39 is 0 Å². The third-order valence-electron chi connectivity index (χ3n) is 4.95. The molecule has 1 atom stereocenters. The fraction of sp³-hybridized carbons (Fsp3) is 0.556. The first-order chi connectivity index (χ1) is 10.2. The summed E-state index contributed by atoms with van der Waals surface area (Å²) >= 11 is 0. The Bertz CT molecular complexity index is 603. The van der Waals surface area contributed by atoms with E-state index in [2.05, 4.69) is 38.2 Å². The molecule has 1 N–H and O–H groups in total. The van der Waals surface area contributed by atoms with Crippen LogP contribution in [-0.4, -0.2) is 18.7 Å². The Morgan fingerprint density at radius 1 is 1.19 bits per heavy atom. The topological polar surface area (TPSA) is 34.4 Å². The lowest BCUT2D eigenvalue weighted by Gasteiger charge is -2.40. The van der Waals surface area contributed by atoms with Crippen molar-refractivity contribution in [3.8, 4) is 0 Å². The smallest absolute Gasteiger partial charge is 0.138 e. The zero-order chi connectivity index (χ0) is 14.9. The van der Waals surface area contributed by atoms with E-state index >= 15 is 0 Å². The van der Waals surface area contributed by atoms with Crippen LogP contribution in [0.4, 0.5) is 0 Å². The van der Waals surface area contributed by atoms with Gasteiger partial charge in [-0.25, -0.2) is 0 Å². The van der Waals surface area contributed by atoms with Gasteiger partial charge in [0.15, 0.2) is 0 Å². The number of hydrogen-bond donors (Lipinski definition) is 1. The van der Waals surface area contributed by atoms with Crippen LogP contribution in [0, 0.1) is 0 Å². The SMILES string of the molecule is CCc1c(C2CNC(CC)(CC)CO2)oc2ccccc12. The molecule has 0 spiro atoms. The number of benzene rings is 1. The van der Waals surface area contributed by atoms with E-state index in [1.807, 2.05) is 12.1 Å². The summed E-state index contributed by atoms with van der Waals surface area (Å²) in [7, 11) is 0. The number of hydrogen-bond acceptors (Lipinski definition) is 3. The van der Waals surface area contributed by atoms with Gasteiger partial charge in [0.25, 0.3) is 0 Å². The van der Waals surface area contributed by atoms with Crippen LogP contribution in [0.5, 0.6) is 0 Å².